The molecule has 6 heteroatoms. The van der Waals surface area contributed by atoms with Crippen molar-refractivity contribution in [3.8, 4) is 0 Å². The molecule has 1 amide bonds. The molecule has 1 aliphatic carbocycles. The van der Waals surface area contributed by atoms with E-state index in [0.717, 1.165) is 35.9 Å². The van der Waals surface area contributed by atoms with Crippen LogP contribution in [-0.4, -0.2) is 21.3 Å². The van der Waals surface area contributed by atoms with E-state index in [0.29, 0.717) is 4.96 Å². The van der Waals surface area contributed by atoms with Gasteiger partial charge in [0.2, 0.25) is 0 Å². The Bertz CT molecular complexity index is 938. The summed E-state index contributed by atoms with van der Waals surface area (Å²) in [6, 6.07) is 7.83. The van der Waals surface area contributed by atoms with E-state index >= 15 is 0 Å². The normalized spacial score (nSPS) is 16.0. The number of fused-ring (bicyclic) bond motifs is 3. The Morgan fingerprint density at radius 2 is 2.00 bits per heavy atom. The molecular formula is C17H17N3O2S. The molecule has 0 saturated heterocycles. The van der Waals surface area contributed by atoms with Crippen LogP contribution < -0.4 is 10.9 Å². The highest BCUT2D eigenvalue weighted by molar-refractivity contribution is 7.23. The van der Waals surface area contributed by atoms with Crippen LogP contribution in [0.5, 0.6) is 0 Å². The van der Waals surface area contributed by atoms with Crippen molar-refractivity contribution >= 4 is 32.4 Å². The molecule has 2 aromatic heterocycles. The summed E-state index contributed by atoms with van der Waals surface area (Å²) in [5, 5.41) is 2.99. The van der Waals surface area contributed by atoms with Gasteiger partial charge >= 0.3 is 0 Å². The molecule has 0 spiro atoms. The van der Waals surface area contributed by atoms with Gasteiger partial charge in [-0.2, -0.15) is 0 Å². The predicted molar refractivity (Wildman–Crippen MR) is 91.2 cm³/mol. The number of nitrogens with zero attached hydrogens (tertiary/aromatic N) is 2. The number of para-hydroxylation sites is 1. The lowest BCUT2D eigenvalue weighted by atomic mass is 9.95. The van der Waals surface area contributed by atoms with Crippen LogP contribution in [0.4, 0.5) is 0 Å². The van der Waals surface area contributed by atoms with Crippen molar-refractivity contribution in [2.75, 3.05) is 0 Å². The van der Waals surface area contributed by atoms with Crippen LogP contribution in [0.1, 0.15) is 42.5 Å². The van der Waals surface area contributed by atoms with Gasteiger partial charge in [-0.3, -0.25) is 14.0 Å². The quantitative estimate of drug-likeness (QED) is 0.787. The molecule has 0 atom stereocenters. The van der Waals surface area contributed by atoms with E-state index in [1.807, 2.05) is 24.3 Å². The van der Waals surface area contributed by atoms with Gasteiger partial charge in [0, 0.05) is 12.2 Å². The zero-order valence-electron chi connectivity index (χ0n) is 12.6. The van der Waals surface area contributed by atoms with E-state index in [9.17, 15) is 9.59 Å². The van der Waals surface area contributed by atoms with Crippen LogP contribution in [0.2, 0.25) is 0 Å². The SMILES string of the molecule is O=C(NC1CCCCC1)c1cnc2sc3ccccc3n2c1=O. The Morgan fingerprint density at radius 1 is 1.22 bits per heavy atom. The van der Waals surface area contributed by atoms with Crippen molar-refractivity contribution in [1.29, 1.82) is 0 Å². The average Bonchev–Trinajstić information content (AvgIpc) is 2.95. The summed E-state index contributed by atoms with van der Waals surface area (Å²) in [6.45, 7) is 0. The summed E-state index contributed by atoms with van der Waals surface area (Å²) < 4.78 is 2.53. The van der Waals surface area contributed by atoms with Gasteiger partial charge < -0.3 is 5.32 Å². The van der Waals surface area contributed by atoms with E-state index in [2.05, 4.69) is 10.3 Å². The molecule has 4 rings (SSSR count). The van der Waals surface area contributed by atoms with E-state index in [-0.39, 0.29) is 23.1 Å². The maximum atomic E-state index is 12.8. The lowest BCUT2D eigenvalue weighted by molar-refractivity contribution is 0.0925. The molecule has 118 valence electrons. The summed E-state index contributed by atoms with van der Waals surface area (Å²) in [7, 11) is 0. The minimum atomic E-state index is -0.306. The Balaban J connectivity index is 1.75. The number of hydrogen-bond acceptors (Lipinski definition) is 4. The van der Waals surface area contributed by atoms with Crippen LogP contribution in [0.3, 0.4) is 0 Å². The van der Waals surface area contributed by atoms with Gasteiger partial charge in [0.25, 0.3) is 11.5 Å². The lowest BCUT2D eigenvalue weighted by Crippen LogP contribution is -2.39. The number of carbonyl (C=O) groups excluding carboxylic acids is 1. The Kier molecular flexibility index (Phi) is 3.61. The van der Waals surface area contributed by atoms with Gasteiger partial charge in [0.15, 0.2) is 4.96 Å². The molecule has 0 bridgehead atoms. The summed E-state index contributed by atoms with van der Waals surface area (Å²) in [4.78, 5) is 30.2. The first-order valence-corrected chi connectivity index (χ1v) is 8.76. The number of amides is 1. The second kappa shape index (κ2) is 5.77. The van der Waals surface area contributed by atoms with Crippen LogP contribution >= 0.6 is 11.3 Å². The van der Waals surface area contributed by atoms with Gasteiger partial charge in [-0.15, -0.1) is 0 Å². The summed E-state index contributed by atoms with van der Waals surface area (Å²) in [5.74, 6) is -0.306. The maximum Gasteiger partial charge on any atom is 0.271 e. The Hall–Kier alpha value is -2.21. The first kappa shape index (κ1) is 14.4. The monoisotopic (exact) mass is 327 g/mol. The van der Waals surface area contributed by atoms with Crippen molar-refractivity contribution in [2.45, 2.75) is 38.1 Å². The molecular weight excluding hydrogens is 310 g/mol. The van der Waals surface area contributed by atoms with Crippen molar-refractivity contribution in [1.82, 2.24) is 14.7 Å². The smallest absolute Gasteiger partial charge is 0.271 e. The molecule has 0 unspecified atom stereocenters. The third-order valence-electron chi connectivity index (χ3n) is 4.42. The van der Waals surface area contributed by atoms with E-state index in [4.69, 9.17) is 0 Å². The van der Waals surface area contributed by atoms with Gasteiger partial charge in [0.05, 0.1) is 10.2 Å². The molecule has 0 aliphatic heterocycles. The first-order valence-electron chi connectivity index (χ1n) is 7.94. The highest BCUT2D eigenvalue weighted by atomic mass is 32.1. The topological polar surface area (TPSA) is 63.5 Å². The van der Waals surface area contributed by atoms with Crippen molar-refractivity contribution in [3.05, 3.63) is 46.4 Å². The van der Waals surface area contributed by atoms with E-state index in [1.54, 1.807) is 0 Å². The first-order chi connectivity index (χ1) is 11.2. The summed E-state index contributed by atoms with van der Waals surface area (Å²) >= 11 is 1.45. The Labute approximate surface area is 137 Å². The second-order valence-corrected chi connectivity index (χ2v) is 6.98. The van der Waals surface area contributed by atoms with Crippen molar-refractivity contribution in [2.24, 2.45) is 0 Å². The average molecular weight is 327 g/mol. The maximum absolute atomic E-state index is 12.8. The summed E-state index contributed by atoms with van der Waals surface area (Å²) in [6.07, 6.45) is 6.88. The molecule has 23 heavy (non-hydrogen) atoms. The fraction of sp³-hybridized carbons (Fsp3) is 0.353. The number of thiazole rings is 1. The van der Waals surface area contributed by atoms with Crippen molar-refractivity contribution in [3.63, 3.8) is 0 Å². The van der Waals surface area contributed by atoms with Crippen LogP contribution in [0.25, 0.3) is 15.2 Å². The van der Waals surface area contributed by atoms with Gasteiger partial charge in [-0.1, -0.05) is 42.7 Å². The molecule has 1 N–H and O–H groups in total. The van der Waals surface area contributed by atoms with E-state index < -0.39 is 0 Å². The molecule has 1 saturated carbocycles. The molecule has 1 aliphatic rings. The van der Waals surface area contributed by atoms with E-state index in [1.165, 1.54) is 28.4 Å². The van der Waals surface area contributed by atoms with Gasteiger partial charge in [-0.05, 0) is 25.0 Å². The highest BCUT2D eigenvalue weighted by Gasteiger charge is 2.20. The minimum absolute atomic E-state index is 0.122. The minimum Gasteiger partial charge on any atom is -0.349 e. The fourth-order valence-corrected chi connectivity index (χ4v) is 4.20. The molecule has 5 nitrogen and oxygen atoms in total. The number of aromatic nitrogens is 2. The number of benzene rings is 1. The summed E-state index contributed by atoms with van der Waals surface area (Å²) in [5.41, 5.74) is 0.634. The standard InChI is InChI=1S/C17H17N3O2S/c21-15(19-11-6-2-1-3-7-11)12-10-18-17-20(16(12)22)13-8-4-5-9-14(13)23-17/h4-5,8-11H,1-3,6-7H2,(H,19,21). The molecule has 3 aromatic rings. The third-order valence-corrected chi connectivity index (χ3v) is 5.46. The lowest BCUT2D eigenvalue weighted by Gasteiger charge is -2.22. The predicted octanol–water partition coefficient (Wildman–Crippen LogP) is 2.97. The second-order valence-electron chi connectivity index (χ2n) is 5.97. The zero-order valence-corrected chi connectivity index (χ0v) is 13.4. The highest BCUT2D eigenvalue weighted by Crippen LogP contribution is 2.23. The number of rotatable bonds is 2. The number of hydrogen-bond donors (Lipinski definition) is 1. The Morgan fingerprint density at radius 3 is 2.83 bits per heavy atom. The van der Waals surface area contributed by atoms with Gasteiger partial charge in [-0.25, -0.2) is 4.98 Å². The van der Waals surface area contributed by atoms with Crippen LogP contribution in [0, 0.1) is 0 Å². The largest absolute Gasteiger partial charge is 0.349 e. The van der Waals surface area contributed by atoms with Gasteiger partial charge in [0.1, 0.15) is 5.56 Å². The van der Waals surface area contributed by atoms with Crippen LogP contribution in [0.15, 0.2) is 35.3 Å². The number of nitrogens with one attached hydrogen (secondary N) is 1. The molecule has 1 fully saturated rings. The molecule has 2 heterocycles. The number of carbonyl (C=O) groups is 1. The third kappa shape index (κ3) is 2.53. The molecule has 1 aromatic carbocycles. The zero-order chi connectivity index (χ0) is 15.8. The fourth-order valence-electron chi connectivity index (χ4n) is 3.22. The van der Waals surface area contributed by atoms with Crippen LogP contribution in [-0.2, 0) is 0 Å². The van der Waals surface area contributed by atoms with Crippen molar-refractivity contribution < 1.29 is 4.79 Å². The molecule has 0 radical (unpaired) electrons.